The maximum Gasteiger partial charge on any atom is 0.0553 e. The minimum atomic E-state index is 0.784. The molecule has 18 heavy (non-hydrogen) atoms. The molecule has 1 aromatic carbocycles. The molecule has 2 rings (SSSR count). The fraction of sp³-hybridized carbons (Fsp3) is 0.286. The van der Waals surface area contributed by atoms with Crippen LogP contribution in [0, 0.1) is 6.92 Å². The topological polar surface area (TPSA) is 17.0 Å². The number of benzene rings is 1. The number of nitrogens with one attached hydrogen (secondary N) is 1. The number of rotatable bonds is 4. The third-order valence-electron chi connectivity index (χ3n) is 2.97. The Bertz CT molecular complexity index is 549. The van der Waals surface area contributed by atoms with Crippen LogP contribution in [0.5, 0.6) is 0 Å². The zero-order chi connectivity index (χ0) is 13.1. The molecule has 0 amide bonds. The molecule has 0 spiro atoms. The molecule has 0 atom stereocenters. The summed E-state index contributed by atoms with van der Waals surface area (Å²) in [7, 11) is 0. The van der Waals surface area contributed by atoms with E-state index < -0.39 is 0 Å². The van der Waals surface area contributed by atoms with Crippen molar-refractivity contribution < 1.29 is 0 Å². The molecule has 0 radical (unpaired) electrons. The van der Waals surface area contributed by atoms with Crippen LogP contribution < -0.4 is 5.32 Å². The van der Waals surface area contributed by atoms with E-state index in [2.05, 4.69) is 51.1 Å². The lowest BCUT2D eigenvalue weighted by Gasteiger charge is -2.12. The molecule has 1 N–H and O–H groups in total. The van der Waals surface area contributed by atoms with Crippen molar-refractivity contribution in [3.05, 3.63) is 51.2 Å². The lowest BCUT2D eigenvalue weighted by atomic mass is 10.2. The predicted molar refractivity (Wildman–Crippen MR) is 81.3 cm³/mol. The normalized spacial score (nSPS) is 10.7. The number of halogens is 2. The number of aromatic nitrogens is 1. The van der Waals surface area contributed by atoms with Gasteiger partial charge >= 0.3 is 0 Å². The smallest absolute Gasteiger partial charge is 0.0553 e. The van der Waals surface area contributed by atoms with Gasteiger partial charge in [-0.15, -0.1) is 0 Å². The number of anilines is 1. The Morgan fingerprint density at radius 2 is 2.17 bits per heavy atom. The van der Waals surface area contributed by atoms with Crippen LogP contribution in [0.3, 0.4) is 0 Å². The molecule has 0 unspecified atom stereocenters. The molecule has 0 aliphatic heterocycles. The van der Waals surface area contributed by atoms with Gasteiger partial charge in [0.15, 0.2) is 0 Å². The second-order valence-corrected chi connectivity index (χ2v) is 5.48. The first-order chi connectivity index (χ1) is 8.61. The van der Waals surface area contributed by atoms with E-state index in [1.54, 1.807) is 0 Å². The van der Waals surface area contributed by atoms with E-state index in [1.807, 2.05) is 19.1 Å². The second kappa shape index (κ2) is 5.81. The minimum Gasteiger partial charge on any atom is -0.379 e. The number of hydrogen-bond donors (Lipinski definition) is 1. The zero-order valence-electron chi connectivity index (χ0n) is 10.5. The summed E-state index contributed by atoms with van der Waals surface area (Å²) in [5.41, 5.74) is 3.36. The Morgan fingerprint density at radius 3 is 2.89 bits per heavy atom. The Labute approximate surface area is 121 Å². The number of hydrogen-bond acceptors (Lipinski definition) is 1. The van der Waals surface area contributed by atoms with Gasteiger partial charge in [-0.3, -0.25) is 0 Å². The summed E-state index contributed by atoms with van der Waals surface area (Å²) in [5, 5.41) is 4.19. The van der Waals surface area contributed by atoms with Crippen molar-refractivity contribution in [2.45, 2.75) is 26.9 Å². The summed E-state index contributed by atoms with van der Waals surface area (Å²) in [4.78, 5) is 0. The lowest BCUT2D eigenvalue weighted by Crippen LogP contribution is -2.06. The van der Waals surface area contributed by atoms with Gasteiger partial charge in [0.2, 0.25) is 0 Å². The maximum absolute atomic E-state index is 6.14. The molecule has 0 aliphatic carbocycles. The molecule has 2 aromatic rings. The number of nitrogens with zero attached hydrogens (tertiary/aromatic N) is 1. The first kappa shape index (κ1) is 13.5. The highest BCUT2D eigenvalue weighted by Crippen LogP contribution is 2.29. The van der Waals surface area contributed by atoms with Gasteiger partial charge in [0, 0.05) is 27.9 Å². The quantitative estimate of drug-likeness (QED) is 0.850. The van der Waals surface area contributed by atoms with Crippen LogP contribution in [-0.2, 0) is 13.1 Å². The molecule has 0 aliphatic rings. The Hall–Kier alpha value is -0.930. The summed E-state index contributed by atoms with van der Waals surface area (Å²) >= 11 is 9.69. The van der Waals surface area contributed by atoms with Crippen LogP contribution in [0.15, 0.2) is 34.9 Å². The van der Waals surface area contributed by atoms with E-state index in [9.17, 15) is 0 Å². The van der Waals surface area contributed by atoms with E-state index >= 15 is 0 Å². The van der Waals surface area contributed by atoms with Crippen LogP contribution in [0.4, 0.5) is 5.69 Å². The van der Waals surface area contributed by atoms with Gasteiger partial charge in [-0.2, -0.15) is 0 Å². The molecule has 1 aromatic heterocycles. The van der Waals surface area contributed by atoms with Gasteiger partial charge in [0.05, 0.1) is 12.2 Å². The summed E-state index contributed by atoms with van der Waals surface area (Å²) in [6.45, 7) is 5.92. The Morgan fingerprint density at radius 1 is 1.39 bits per heavy atom. The van der Waals surface area contributed by atoms with Crippen LogP contribution in [0.25, 0.3) is 0 Å². The minimum absolute atomic E-state index is 0.784. The SMILES string of the molecule is CCn1cccc1CNc1cc(Cl)c(C)cc1Br. The maximum atomic E-state index is 6.14. The standard InChI is InChI=1S/C14H16BrClN2/c1-3-18-6-4-5-11(18)9-17-14-8-13(16)10(2)7-12(14)15/h4-8,17H,3,9H2,1-2H3. The third-order valence-corrected chi connectivity index (χ3v) is 4.04. The van der Waals surface area contributed by atoms with Crippen molar-refractivity contribution in [2.75, 3.05) is 5.32 Å². The van der Waals surface area contributed by atoms with Crippen LogP contribution >= 0.6 is 27.5 Å². The Kier molecular flexibility index (Phi) is 4.36. The van der Waals surface area contributed by atoms with Gasteiger partial charge in [-0.1, -0.05) is 11.6 Å². The monoisotopic (exact) mass is 326 g/mol. The van der Waals surface area contributed by atoms with Crippen LogP contribution in [0.2, 0.25) is 5.02 Å². The van der Waals surface area contributed by atoms with E-state index in [0.29, 0.717) is 0 Å². The van der Waals surface area contributed by atoms with Gasteiger partial charge in [0.25, 0.3) is 0 Å². The van der Waals surface area contributed by atoms with Crippen LogP contribution in [0.1, 0.15) is 18.2 Å². The highest BCUT2D eigenvalue weighted by Gasteiger charge is 2.05. The van der Waals surface area contributed by atoms with Gasteiger partial charge in [0.1, 0.15) is 0 Å². The van der Waals surface area contributed by atoms with Crippen molar-refractivity contribution in [2.24, 2.45) is 0 Å². The largest absolute Gasteiger partial charge is 0.379 e. The molecule has 96 valence electrons. The summed E-state index contributed by atoms with van der Waals surface area (Å²) in [6, 6.07) is 8.18. The molecule has 2 nitrogen and oxygen atoms in total. The fourth-order valence-corrected chi connectivity index (χ4v) is 2.65. The Balaban J connectivity index is 2.13. The van der Waals surface area contributed by atoms with Crippen molar-refractivity contribution >= 4 is 33.2 Å². The van der Waals surface area contributed by atoms with E-state index in [0.717, 1.165) is 33.8 Å². The molecule has 4 heteroatoms. The highest BCUT2D eigenvalue weighted by atomic mass is 79.9. The van der Waals surface area contributed by atoms with Gasteiger partial charge in [-0.05, 0) is 59.6 Å². The molecular weight excluding hydrogens is 312 g/mol. The van der Waals surface area contributed by atoms with E-state index in [-0.39, 0.29) is 0 Å². The molecule has 0 saturated carbocycles. The first-order valence-corrected chi connectivity index (χ1v) is 7.12. The van der Waals surface area contributed by atoms with Crippen molar-refractivity contribution in [3.63, 3.8) is 0 Å². The average molecular weight is 328 g/mol. The second-order valence-electron chi connectivity index (χ2n) is 4.22. The molecular formula is C14H16BrClN2. The summed E-state index contributed by atoms with van der Waals surface area (Å²) < 4.78 is 3.26. The number of aryl methyl sites for hydroxylation is 2. The molecule has 0 saturated heterocycles. The van der Waals surface area contributed by atoms with Crippen LogP contribution in [-0.4, -0.2) is 4.57 Å². The third kappa shape index (κ3) is 2.90. The van der Waals surface area contributed by atoms with Crippen molar-refractivity contribution in [1.29, 1.82) is 0 Å². The summed E-state index contributed by atoms with van der Waals surface area (Å²) in [6.07, 6.45) is 2.09. The van der Waals surface area contributed by atoms with Crippen molar-refractivity contribution in [1.82, 2.24) is 4.57 Å². The highest BCUT2D eigenvalue weighted by molar-refractivity contribution is 9.10. The van der Waals surface area contributed by atoms with E-state index in [4.69, 9.17) is 11.6 Å². The van der Waals surface area contributed by atoms with Crippen molar-refractivity contribution in [3.8, 4) is 0 Å². The average Bonchev–Trinajstić information content (AvgIpc) is 2.79. The predicted octanol–water partition coefficient (Wildman–Crippen LogP) is 4.84. The summed E-state index contributed by atoms with van der Waals surface area (Å²) in [5.74, 6) is 0. The first-order valence-electron chi connectivity index (χ1n) is 5.95. The van der Waals surface area contributed by atoms with E-state index in [1.165, 1.54) is 5.69 Å². The lowest BCUT2D eigenvalue weighted by molar-refractivity contribution is 0.724. The van der Waals surface area contributed by atoms with Gasteiger partial charge < -0.3 is 9.88 Å². The molecule has 0 fully saturated rings. The zero-order valence-corrected chi connectivity index (χ0v) is 12.8. The molecule has 0 bridgehead atoms. The molecule has 1 heterocycles. The van der Waals surface area contributed by atoms with Gasteiger partial charge in [-0.25, -0.2) is 0 Å². The fourth-order valence-electron chi connectivity index (χ4n) is 1.89.